The van der Waals surface area contributed by atoms with Gasteiger partial charge in [0.1, 0.15) is 17.4 Å². The highest BCUT2D eigenvalue weighted by Crippen LogP contribution is 2.25. The number of fused-ring (bicyclic) bond motifs is 1. The van der Waals surface area contributed by atoms with Crippen LogP contribution >= 0.6 is 0 Å². The molecule has 0 unspecified atom stereocenters. The van der Waals surface area contributed by atoms with Crippen LogP contribution in [0.2, 0.25) is 0 Å². The number of nitrogens with zero attached hydrogens (tertiary/aromatic N) is 5. The quantitative estimate of drug-likeness (QED) is 0.479. The maximum absolute atomic E-state index is 12.7. The molecule has 5 rings (SSSR count). The van der Waals surface area contributed by atoms with Gasteiger partial charge in [-0.15, -0.1) is 15.3 Å². The van der Waals surface area contributed by atoms with E-state index < -0.39 is 0 Å². The Bertz CT molecular complexity index is 1350. The minimum Gasteiger partial charge on any atom is -0.463 e. The maximum atomic E-state index is 12.7. The van der Waals surface area contributed by atoms with E-state index in [1.54, 1.807) is 28.9 Å². The van der Waals surface area contributed by atoms with Crippen molar-refractivity contribution in [1.29, 1.82) is 0 Å². The lowest BCUT2D eigenvalue weighted by molar-refractivity contribution is 0.568. The predicted octanol–water partition coefficient (Wildman–Crippen LogP) is 3.40. The van der Waals surface area contributed by atoms with Crippen LogP contribution in [0.3, 0.4) is 0 Å². The Labute approximate surface area is 158 Å². The molecular formula is C20H13N5O3. The largest absolute Gasteiger partial charge is 0.463 e. The first-order valence-electron chi connectivity index (χ1n) is 8.55. The summed E-state index contributed by atoms with van der Waals surface area (Å²) in [5, 5.41) is 16.8. The van der Waals surface area contributed by atoms with Gasteiger partial charge in [-0.1, -0.05) is 35.5 Å². The Hall–Kier alpha value is -4.07. The van der Waals surface area contributed by atoms with E-state index >= 15 is 0 Å². The second-order valence-corrected chi connectivity index (χ2v) is 6.16. The van der Waals surface area contributed by atoms with Crippen LogP contribution in [0.25, 0.3) is 39.7 Å². The van der Waals surface area contributed by atoms with Crippen molar-refractivity contribution in [3.8, 4) is 28.7 Å². The van der Waals surface area contributed by atoms with E-state index in [4.69, 9.17) is 8.83 Å². The number of para-hydroxylation sites is 2. The van der Waals surface area contributed by atoms with Crippen LogP contribution in [0.15, 0.2) is 74.5 Å². The molecule has 2 aromatic carbocycles. The average Bonchev–Trinajstić information content (AvgIpc) is 3.36. The standard InChI is InChI=1S/C20H13N5O3/c1-12-17(21-24-25(12)13-7-3-2-4-8-13)20-23-22-19(28-20)15-11-27-16-10-6-5-9-14(16)18(15)26/h2-11H,1H3. The Morgan fingerprint density at radius 1 is 0.893 bits per heavy atom. The number of benzene rings is 2. The molecule has 136 valence electrons. The average molecular weight is 371 g/mol. The van der Waals surface area contributed by atoms with Crippen molar-refractivity contribution in [3.63, 3.8) is 0 Å². The smallest absolute Gasteiger partial charge is 0.270 e. The van der Waals surface area contributed by atoms with E-state index in [-0.39, 0.29) is 22.8 Å². The lowest BCUT2D eigenvalue weighted by Gasteiger charge is -2.01. The van der Waals surface area contributed by atoms with Gasteiger partial charge in [-0.2, -0.15) is 0 Å². The molecule has 3 aromatic heterocycles. The molecule has 0 radical (unpaired) electrons. The van der Waals surface area contributed by atoms with Gasteiger partial charge in [0.15, 0.2) is 5.69 Å². The fourth-order valence-corrected chi connectivity index (χ4v) is 2.99. The zero-order chi connectivity index (χ0) is 19.1. The first-order valence-corrected chi connectivity index (χ1v) is 8.55. The summed E-state index contributed by atoms with van der Waals surface area (Å²) in [5.41, 5.74) is 2.53. The zero-order valence-corrected chi connectivity index (χ0v) is 14.7. The molecule has 0 bridgehead atoms. The molecule has 8 heteroatoms. The monoisotopic (exact) mass is 371 g/mol. The second-order valence-electron chi connectivity index (χ2n) is 6.16. The summed E-state index contributed by atoms with van der Waals surface area (Å²) in [5.74, 6) is 0.255. The molecule has 3 heterocycles. The maximum Gasteiger partial charge on any atom is 0.270 e. The number of hydrogen-bond donors (Lipinski definition) is 0. The topological polar surface area (TPSA) is 99.8 Å². The van der Waals surface area contributed by atoms with Gasteiger partial charge in [-0.25, -0.2) is 4.68 Å². The van der Waals surface area contributed by atoms with Crippen molar-refractivity contribution in [2.24, 2.45) is 0 Å². The summed E-state index contributed by atoms with van der Waals surface area (Å²) in [4.78, 5) is 12.7. The summed E-state index contributed by atoms with van der Waals surface area (Å²) >= 11 is 0. The molecular weight excluding hydrogens is 358 g/mol. The number of rotatable bonds is 3. The summed E-state index contributed by atoms with van der Waals surface area (Å²) in [7, 11) is 0. The lowest BCUT2D eigenvalue weighted by atomic mass is 10.2. The summed E-state index contributed by atoms with van der Waals surface area (Å²) in [6.07, 6.45) is 1.33. The molecule has 0 spiro atoms. The normalized spacial score (nSPS) is 11.2. The van der Waals surface area contributed by atoms with E-state index in [0.29, 0.717) is 16.7 Å². The second kappa shape index (κ2) is 6.27. The summed E-state index contributed by atoms with van der Waals surface area (Å²) in [6, 6.07) is 16.6. The molecule has 0 saturated carbocycles. The third-order valence-corrected chi connectivity index (χ3v) is 4.43. The predicted molar refractivity (Wildman–Crippen MR) is 101 cm³/mol. The molecule has 0 N–H and O–H groups in total. The highest BCUT2D eigenvalue weighted by atomic mass is 16.4. The Balaban J connectivity index is 1.57. The van der Waals surface area contributed by atoms with Gasteiger partial charge in [0, 0.05) is 0 Å². The van der Waals surface area contributed by atoms with Gasteiger partial charge in [-0.05, 0) is 31.2 Å². The molecule has 0 amide bonds. The first-order chi connectivity index (χ1) is 13.7. The van der Waals surface area contributed by atoms with Crippen LogP contribution in [0, 0.1) is 6.92 Å². The Kier molecular flexibility index (Phi) is 3.61. The van der Waals surface area contributed by atoms with Crippen LogP contribution < -0.4 is 5.43 Å². The van der Waals surface area contributed by atoms with Crippen molar-refractivity contribution in [1.82, 2.24) is 25.2 Å². The van der Waals surface area contributed by atoms with Gasteiger partial charge < -0.3 is 8.83 Å². The summed E-state index contributed by atoms with van der Waals surface area (Å²) < 4.78 is 12.9. The van der Waals surface area contributed by atoms with E-state index in [9.17, 15) is 4.79 Å². The summed E-state index contributed by atoms with van der Waals surface area (Å²) in [6.45, 7) is 1.86. The van der Waals surface area contributed by atoms with E-state index in [1.165, 1.54) is 6.26 Å². The van der Waals surface area contributed by atoms with Crippen LogP contribution in [0.1, 0.15) is 5.69 Å². The van der Waals surface area contributed by atoms with E-state index in [2.05, 4.69) is 20.5 Å². The van der Waals surface area contributed by atoms with Gasteiger partial charge in [0.05, 0.1) is 16.8 Å². The zero-order valence-electron chi connectivity index (χ0n) is 14.7. The van der Waals surface area contributed by atoms with Gasteiger partial charge in [0.25, 0.3) is 11.8 Å². The fourth-order valence-electron chi connectivity index (χ4n) is 2.99. The number of hydrogen-bond acceptors (Lipinski definition) is 7. The number of aromatic nitrogens is 5. The van der Waals surface area contributed by atoms with E-state index in [0.717, 1.165) is 11.4 Å². The molecule has 28 heavy (non-hydrogen) atoms. The fraction of sp³-hybridized carbons (Fsp3) is 0.0500. The Morgan fingerprint density at radius 3 is 2.50 bits per heavy atom. The minimum atomic E-state index is -0.235. The SMILES string of the molecule is Cc1c(-c2nnc(-c3coc4ccccc4c3=O)o2)nnn1-c1ccccc1. The molecule has 5 aromatic rings. The van der Waals surface area contributed by atoms with Crippen molar-refractivity contribution >= 4 is 11.0 Å². The third-order valence-electron chi connectivity index (χ3n) is 4.43. The Morgan fingerprint density at radius 2 is 1.64 bits per heavy atom. The first kappa shape index (κ1) is 16.1. The molecule has 0 saturated heterocycles. The van der Waals surface area contributed by atoms with Crippen LogP contribution in [-0.2, 0) is 0 Å². The van der Waals surface area contributed by atoms with Crippen molar-refractivity contribution in [2.45, 2.75) is 6.92 Å². The van der Waals surface area contributed by atoms with Crippen LogP contribution in [0.5, 0.6) is 0 Å². The van der Waals surface area contributed by atoms with E-state index in [1.807, 2.05) is 37.3 Å². The lowest BCUT2D eigenvalue weighted by Crippen LogP contribution is -2.04. The highest BCUT2D eigenvalue weighted by Gasteiger charge is 2.20. The molecule has 8 nitrogen and oxygen atoms in total. The molecule has 0 atom stereocenters. The van der Waals surface area contributed by atoms with Gasteiger partial charge >= 0.3 is 0 Å². The highest BCUT2D eigenvalue weighted by molar-refractivity contribution is 5.79. The molecule has 0 fully saturated rings. The van der Waals surface area contributed by atoms with Crippen LogP contribution in [-0.4, -0.2) is 25.2 Å². The molecule has 0 aliphatic heterocycles. The molecule has 0 aliphatic rings. The minimum absolute atomic E-state index is 0.0724. The molecule has 0 aliphatic carbocycles. The van der Waals surface area contributed by atoms with Crippen molar-refractivity contribution < 1.29 is 8.83 Å². The van der Waals surface area contributed by atoms with Crippen molar-refractivity contribution in [2.75, 3.05) is 0 Å². The van der Waals surface area contributed by atoms with Crippen molar-refractivity contribution in [3.05, 3.63) is 76.8 Å². The van der Waals surface area contributed by atoms with Crippen LogP contribution in [0.4, 0.5) is 0 Å². The van der Waals surface area contributed by atoms with Gasteiger partial charge in [-0.3, -0.25) is 4.79 Å². The third kappa shape index (κ3) is 2.50. The van der Waals surface area contributed by atoms with Gasteiger partial charge in [0.2, 0.25) is 5.43 Å².